The molecule has 0 aromatic rings. The average Bonchev–Trinajstić information content (AvgIpc) is 2.12. The molecule has 0 aromatic heterocycles. The van der Waals surface area contributed by atoms with Gasteiger partial charge in [0.15, 0.2) is 9.84 Å². The van der Waals surface area contributed by atoms with Gasteiger partial charge in [-0.05, 0) is 19.4 Å². The smallest absolute Gasteiger partial charge is 0.155 e. The highest BCUT2D eigenvalue weighted by molar-refractivity contribution is 7.92. The molecular weight excluding hydrogens is 214 g/mol. The fourth-order valence-corrected chi connectivity index (χ4v) is 2.99. The highest BCUT2D eigenvalue weighted by Crippen LogP contribution is 2.13. The number of hydrogen-bond acceptors (Lipinski definition) is 4. The Bertz CT molecular complexity index is 262. The molecule has 0 saturated heterocycles. The zero-order chi connectivity index (χ0) is 12.1. The zero-order valence-corrected chi connectivity index (χ0v) is 10.8. The molecule has 2 atom stereocenters. The molecule has 0 saturated carbocycles. The van der Waals surface area contributed by atoms with Crippen molar-refractivity contribution in [2.75, 3.05) is 18.8 Å². The Morgan fingerprint density at radius 2 is 1.80 bits per heavy atom. The van der Waals surface area contributed by atoms with Crippen LogP contribution in [0.25, 0.3) is 0 Å². The summed E-state index contributed by atoms with van der Waals surface area (Å²) in [7, 11) is -3.18. The summed E-state index contributed by atoms with van der Waals surface area (Å²) in [5.41, 5.74) is 0. The lowest BCUT2D eigenvalue weighted by Gasteiger charge is -2.18. The van der Waals surface area contributed by atoms with Gasteiger partial charge in [-0.3, -0.25) is 0 Å². The highest BCUT2D eigenvalue weighted by Gasteiger charge is 2.26. The van der Waals surface area contributed by atoms with Crippen molar-refractivity contribution in [2.45, 2.75) is 39.0 Å². The number of hydrogen-bond donors (Lipinski definition) is 2. The van der Waals surface area contributed by atoms with E-state index in [1.54, 1.807) is 6.92 Å². The minimum Gasteiger partial charge on any atom is -0.391 e. The van der Waals surface area contributed by atoms with E-state index in [9.17, 15) is 13.5 Å². The zero-order valence-electron chi connectivity index (χ0n) is 10.0. The summed E-state index contributed by atoms with van der Waals surface area (Å²) in [5, 5.41) is 12.0. The summed E-state index contributed by atoms with van der Waals surface area (Å²) < 4.78 is 23.5. The molecule has 92 valence electrons. The molecule has 2 unspecified atom stereocenters. The first-order valence-electron chi connectivity index (χ1n) is 5.41. The molecule has 0 aliphatic rings. The van der Waals surface area contributed by atoms with Gasteiger partial charge in [0.2, 0.25) is 0 Å². The molecule has 0 aliphatic heterocycles. The molecule has 0 heterocycles. The maximum atomic E-state index is 11.8. The molecule has 0 amide bonds. The minimum absolute atomic E-state index is 0.0846. The van der Waals surface area contributed by atoms with Gasteiger partial charge in [0.1, 0.15) is 0 Å². The van der Waals surface area contributed by atoms with E-state index in [1.165, 1.54) is 0 Å². The van der Waals surface area contributed by atoms with Crippen molar-refractivity contribution in [3.8, 4) is 0 Å². The highest BCUT2D eigenvalue weighted by atomic mass is 32.2. The van der Waals surface area contributed by atoms with E-state index >= 15 is 0 Å². The Morgan fingerprint density at radius 1 is 1.27 bits per heavy atom. The molecule has 15 heavy (non-hydrogen) atoms. The van der Waals surface area contributed by atoms with Crippen LogP contribution in [-0.2, 0) is 9.84 Å². The number of sulfone groups is 1. The number of nitrogens with one attached hydrogen (secondary N) is 1. The van der Waals surface area contributed by atoms with Crippen LogP contribution in [0.1, 0.15) is 27.7 Å². The number of rotatable bonds is 7. The van der Waals surface area contributed by atoms with Crippen molar-refractivity contribution in [3.63, 3.8) is 0 Å². The standard InChI is InChI=1S/C10H23NO3S/c1-5-11-6-10(12)7-15(13,14)9(4)8(2)3/h8-12H,5-7H2,1-4H3. The predicted octanol–water partition coefficient (Wildman–Crippen LogP) is 0.416. The van der Waals surface area contributed by atoms with E-state index in [0.29, 0.717) is 6.54 Å². The van der Waals surface area contributed by atoms with Crippen LogP contribution in [0.2, 0.25) is 0 Å². The molecule has 0 bridgehead atoms. The molecule has 0 spiro atoms. The van der Waals surface area contributed by atoms with Crippen molar-refractivity contribution in [3.05, 3.63) is 0 Å². The van der Waals surface area contributed by atoms with Gasteiger partial charge in [-0.2, -0.15) is 0 Å². The second kappa shape index (κ2) is 6.45. The second-order valence-corrected chi connectivity index (χ2v) is 6.64. The van der Waals surface area contributed by atoms with E-state index < -0.39 is 21.2 Å². The third kappa shape index (κ3) is 5.49. The Kier molecular flexibility index (Phi) is 6.40. The van der Waals surface area contributed by atoms with Crippen molar-refractivity contribution in [1.82, 2.24) is 5.32 Å². The summed E-state index contributed by atoms with van der Waals surface area (Å²) in [5.74, 6) is -0.0689. The molecule has 5 heteroatoms. The normalized spacial score (nSPS) is 16.7. The van der Waals surface area contributed by atoms with Gasteiger partial charge in [-0.1, -0.05) is 20.8 Å². The Balaban J connectivity index is 4.25. The quantitative estimate of drug-likeness (QED) is 0.673. The van der Waals surface area contributed by atoms with Crippen molar-refractivity contribution in [2.24, 2.45) is 5.92 Å². The Labute approximate surface area is 93.0 Å². The first kappa shape index (κ1) is 14.9. The third-order valence-electron chi connectivity index (χ3n) is 2.56. The van der Waals surface area contributed by atoms with Gasteiger partial charge in [0, 0.05) is 6.54 Å². The molecule has 0 fully saturated rings. The van der Waals surface area contributed by atoms with Gasteiger partial charge < -0.3 is 10.4 Å². The number of likely N-dealkylation sites (N-methyl/N-ethyl adjacent to an activating group) is 1. The van der Waals surface area contributed by atoms with E-state index in [-0.39, 0.29) is 11.7 Å². The summed E-state index contributed by atoms with van der Waals surface area (Å²) in [4.78, 5) is 0. The topological polar surface area (TPSA) is 66.4 Å². The summed E-state index contributed by atoms with van der Waals surface area (Å²) in [6, 6.07) is 0. The summed E-state index contributed by atoms with van der Waals surface area (Å²) >= 11 is 0. The molecule has 0 radical (unpaired) electrons. The van der Waals surface area contributed by atoms with Crippen molar-refractivity contribution < 1.29 is 13.5 Å². The van der Waals surface area contributed by atoms with Crippen LogP contribution in [0, 0.1) is 5.92 Å². The summed E-state index contributed by atoms with van der Waals surface area (Å²) in [6.45, 7) is 8.42. The van der Waals surface area contributed by atoms with E-state index in [1.807, 2.05) is 20.8 Å². The lowest BCUT2D eigenvalue weighted by Crippen LogP contribution is -2.36. The molecule has 2 N–H and O–H groups in total. The minimum atomic E-state index is -3.18. The Hall–Kier alpha value is -0.130. The van der Waals surface area contributed by atoms with Crippen molar-refractivity contribution >= 4 is 9.84 Å². The fourth-order valence-electron chi connectivity index (χ4n) is 1.20. The molecule has 4 nitrogen and oxygen atoms in total. The largest absolute Gasteiger partial charge is 0.391 e. The SMILES string of the molecule is CCNCC(O)CS(=O)(=O)C(C)C(C)C. The van der Waals surface area contributed by atoms with E-state index in [4.69, 9.17) is 0 Å². The fraction of sp³-hybridized carbons (Fsp3) is 1.00. The summed E-state index contributed by atoms with van der Waals surface area (Å²) in [6.07, 6.45) is -0.809. The molecule has 0 aliphatic carbocycles. The number of aliphatic hydroxyl groups is 1. The first-order chi connectivity index (χ1) is 6.81. The Morgan fingerprint density at radius 3 is 2.20 bits per heavy atom. The van der Waals surface area contributed by atoms with Gasteiger partial charge in [0.05, 0.1) is 17.1 Å². The van der Waals surface area contributed by atoms with Crippen molar-refractivity contribution in [1.29, 1.82) is 0 Å². The average molecular weight is 237 g/mol. The van der Waals surface area contributed by atoms with Crippen LogP contribution in [0.4, 0.5) is 0 Å². The van der Waals surface area contributed by atoms with Gasteiger partial charge in [0.25, 0.3) is 0 Å². The van der Waals surface area contributed by atoms with Gasteiger partial charge >= 0.3 is 0 Å². The first-order valence-corrected chi connectivity index (χ1v) is 7.13. The third-order valence-corrected chi connectivity index (χ3v) is 5.09. The maximum absolute atomic E-state index is 11.8. The van der Waals surface area contributed by atoms with Crippen LogP contribution < -0.4 is 5.32 Å². The van der Waals surface area contributed by atoms with E-state index in [2.05, 4.69) is 5.32 Å². The molecule has 0 rings (SSSR count). The van der Waals surface area contributed by atoms with Crippen LogP contribution >= 0.6 is 0 Å². The predicted molar refractivity (Wildman–Crippen MR) is 62.6 cm³/mol. The van der Waals surface area contributed by atoms with E-state index in [0.717, 1.165) is 6.54 Å². The second-order valence-electron chi connectivity index (χ2n) is 4.24. The lowest BCUT2D eigenvalue weighted by atomic mass is 10.2. The van der Waals surface area contributed by atoms with Crippen LogP contribution in [0.5, 0.6) is 0 Å². The molecular formula is C10H23NO3S. The maximum Gasteiger partial charge on any atom is 0.155 e. The van der Waals surface area contributed by atoms with Gasteiger partial charge in [-0.25, -0.2) is 8.42 Å². The molecule has 0 aromatic carbocycles. The number of aliphatic hydroxyl groups excluding tert-OH is 1. The lowest BCUT2D eigenvalue weighted by molar-refractivity contribution is 0.194. The monoisotopic (exact) mass is 237 g/mol. The van der Waals surface area contributed by atoms with Crippen LogP contribution in [0.3, 0.4) is 0 Å². The van der Waals surface area contributed by atoms with Gasteiger partial charge in [-0.15, -0.1) is 0 Å². The van der Waals surface area contributed by atoms with Crippen LogP contribution in [-0.4, -0.2) is 43.7 Å². The van der Waals surface area contributed by atoms with Crippen LogP contribution in [0.15, 0.2) is 0 Å².